The van der Waals surface area contributed by atoms with Gasteiger partial charge < -0.3 is 4.74 Å². The van der Waals surface area contributed by atoms with E-state index < -0.39 is 41.5 Å². The van der Waals surface area contributed by atoms with Crippen LogP contribution in [0.2, 0.25) is 0 Å². The lowest BCUT2D eigenvalue weighted by atomic mass is 10.0. The standard InChI is InChI=1S/C21H22F4N2O2/c1-20(2,3)29-19(28)27-16(13-4-6-15(7-5-13)21(23,24)25)8-9-17(27)14-10-11-26-18(22)12-14/h4-7,10-12,16-17H,8-9H2,1-3H3/t16-,17+/m0/s1. The van der Waals surface area contributed by atoms with E-state index in [1.807, 2.05) is 0 Å². The molecule has 2 aromatic rings. The molecule has 156 valence electrons. The molecule has 29 heavy (non-hydrogen) atoms. The number of hydrogen-bond acceptors (Lipinski definition) is 3. The van der Waals surface area contributed by atoms with Crippen LogP contribution >= 0.6 is 0 Å². The van der Waals surface area contributed by atoms with E-state index >= 15 is 0 Å². The fourth-order valence-corrected chi connectivity index (χ4v) is 3.55. The molecule has 0 unspecified atom stereocenters. The molecule has 1 aromatic heterocycles. The number of aromatic nitrogens is 1. The number of nitrogens with zero attached hydrogens (tertiary/aromatic N) is 2. The Balaban J connectivity index is 1.96. The lowest BCUT2D eigenvalue weighted by Gasteiger charge is -2.33. The summed E-state index contributed by atoms with van der Waals surface area (Å²) in [6.07, 6.45) is -2.67. The first-order valence-electron chi connectivity index (χ1n) is 9.25. The van der Waals surface area contributed by atoms with Crippen molar-refractivity contribution in [1.29, 1.82) is 0 Å². The van der Waals surface area contributed by atoms with Gasteiger partial charge in [-0.1, -0.05) is 12.1 Å². The molecule has 0 saturated carbocycles. The van der Waals surface area contributed by atoms with Crippen LogP contribution in [0.15, 0.2) is 42.6 Å². The van der Waals surface area contributed by atoms with Crippen LogP contribution in [0.3, 0.4) is 0 Å². The summed E-state index contributed by atoms with van der Waals surface area (Å²) >= 11 is 0. The van der Waals surface area contributed by atoms with E-state index in [0.29, 0.717) is 24.0 Å². The Morgan fingerprint density at radius 1 is 1.03 bits per heavy atom. The summed E-state index contributed by atoms with van der Waals surface area (Å²) in [5.74, 6) is -0.662. The van der Waals surface area contributed by atoms with E-state index in [1.165, 1.54) is 29.3 Å². The highest BCUT2D eigenvalue weighted by atomic mass is 19.4. The van der Waals surface area contributed by atoms with Gasteiger partial charge in [-0.25, -0.2) is 9.78 Å². The lowest BCUT2D eigenvalue weighted by Crippen LogP contribution is -2.38. The fourth-order valence-electron chi connectivity index (χ4n) is 3.55. The van der Waals surface area contributed by atoms with Crippen molar-refractivity contribution in [3.05, 3.63) is 65.2 Å². The zero-order chi connectivity index (χ0) is 21.4. The molecule has 0 spiro atoms. The van der Waals surface area contributed by atoms with Crippen molar-refractivity contribution >= 4 is 6.09 Å². The minimum absolute atomic E-state index is 0.463. The maximum atomic E-state index is 13.6. The Hall–Kier alpha value is -2.64. The molecule has 0 bridgehead atoms. The summed E-state index contributed by atoms with van der Waals surface area (Å²) in [7, 11) is 0. The van der Waals surface area contributed by atoms with E-state index in [4.69, 9.17) is 4.74 Å². The molecule has 1 fully saturated rings. The summed E-state index contributed by atoms with van der Waals surface area (Å²) < 4.78 is 57.8. The Morgan fingerprint density at radius 3 is 2.14 bits per heavy atom. The number of carbonyl (C=O) groups excluding carboxylic acids is 1. The van der Waals surface area contributed by atoms with Crippen LogP contribution in [0.4, 0.5) is 22.4 Å². The second-order valence-corrected chi connectivity index (χ2v) is 8.03. The van der Waals surface area contributed by atoms with E-state index in [1.54, 1.807) is 26.8 Å². The molecule has 2 heterocycles. The number of halogens is 4. The largest absolute Gasteiger partial charge is 0.444 e. The molecule has 1 amide bonds. The Morgan fingerprint density at radius 2 is 1.62 bits per heavy atom. The lowest BCUT2D eigenvalue weighted by molar-refractivity contribution is -0.137. The van der Waals surface area contributed by atoms with Gasteiger partial charge in [0.1, 0.15) is 5.60 Å². The third-order valence-electron chi connectivity index (χ3n) is 4.75. The summed E-state index contributed by atoms with van der Waals surface area (Å²) in [6.45, 7) is 5.19. The number of hydrogen-bond donors (Lipinski definition) is 0. The summed E-state index contributed by atoms with van der Waals surface area (Å²) in [6, 6.07) is 6.70. The van der Waals surface area contributed by atoms with Gasteiger partial charge in [0.2, 0.25) is 5.95 Å². The van der Waals surface area contributed by atoms with Gasteiger partial charge in [0, 0.05) is 6.20 Å². The van der Waals surface area contributed by atoms with Crippen molar-refractivity contribution in [1.82, 2.24) is 9.88 Å². The highest BCUT2D eigenvalue weighted by molar-refractivity contribution is 5.70. The van der Waals surface area contributed by atoms with Gasteiger partial charge in [0.05, 0.1) is 17.6 Å². The molecular weight excluding hydrogens is 388 g/mol. The smallest absolute Gasteiger partial charge is 0.416 e. The maximum absolute atomic E-state index is 13.6. The number of ether oxygens (including phenoxy) is 1. The van der Waals surface area contributed by atoms with E-state index in [9.17, 15) is 22.4 Å². The summed E-state index contributed by atoms with van der Waals surface area (Å²) in [5, 5.41) is 0. The summed E-state index contributed by atoms with van der Waals surface area (Å²) in [5.41, 5.74) is -0.368. The van der Waals surface area contributed by atoms with Crippen molar-refractivity contribution in [3.8, 4) is 0 Å². The molecule has 0 radical (unpaired) electrons. The van der Waals surface area contributed by atoms with Crippen molar-refractivity contribution in [2.45, 2.75) is 57.5 Å². The molecule has 8 heteroatoms. The predicted molar refractivity (Wildman–Crippen MR) is 98.4 cm³/mol. The van der Waals surface area contributed by atoms with Crippen LogP contribution in [0, 0.1) is 5.95 Å². The number of rotatable bonds is 2. The topological polar surface area (TPSA) is 42.4 Å². The summed E-state index contributed by atoms with van der Waals surface area (Å²) in [4.78, 5) is 18.0. The van der Waals surface area contributed by atoms with E-state index in [-0.39, 0.29) is 0 Å². The molecular formula is C21H22F4N2O2. The molecule has 1 saturated heterocycles. The third-order valence-corrected chi connectivity index (χ3v) is 4.75. The number of amides is 1. The normalized spacial score (nSPS) is 20.0. The second kappa shape index (κ2) is 7.65. The Labute approximate surface area is 166 Å². The highest BCUT2D eigenvalue weighted by Crippen LogP contribution is 2.45. The highest BCUT2D eigenvalue weighted by Gasteiger charge is 2.41. The van der Waals surface area contributed by atoms with Crippen molar-refractivity contribution in [3.63, 3.8) is 0 Å². The van der Waals surface area contributed by atoms with Gasteiger partial charge >= 0.3 is 12.3 Å². The first-order chi connectivity index (χ1) is 13.5. The molecule has 1 aliphatic heterocycles. The van der Waals surface area contributed by atoms with Gasteiger partial charge in [-0.15, -0.1) is 0 Å². The predicted octanol–water partition coefficient (Wildman–Crippen LogP) is 6.05. The minimum atomic E-state index is -4.43. The molecule has 0 N–H and O–H groups in total. The van der Waals surface area contributed by atoms with Crippen LogP contribution in [-0.2, 0) is 10.9 Å². The van der Waals surface area contributed by atoms with Gasteiger partial charge in [-0.3, -0.25) is 4.90 Å². The monoisotopic (exact) mass is 410 g/mol. The average molecular weight is 410 g/mol. The van der Waals surface area contributed by atoms with Crippen LogP contribution in [-0.4, -0.2) is 21.6 Å². The Kier molecular flexibility index (Phi) is 5.56. The first-order valence-corrected chi connectivity index (χ1v) is 9.25. The fraction of sp³-hybridized carbons (Fsp3) is 0.429. The first kappa shape index (κ1) is 21.1. The second-order valence-electron chi connectivity index (χ2n) is 8.03. The van der Waals surface area contributed by atoms with Crippen molar-refractivity contribution in [2.24, 2.45) is 0 Å². The molecule has 0 aliphatic carbocycles. The zero-order valence-corrected chi connectivity index (χ0v) is 16.3. The zero-order valence-electron chi connectivity index (χ0n) is 16.3. The molecule has 3 rings (SSSR count). The quantitative estimate of drug-likeness (QED) is 0.447. The number of alkyl halides is 3. The molecule has 2 atom stereocenters. The van der Waals surface area contributed by atoms with E-state index in [0.717, 1.165) is 12.1 Å². The minimum Gasteiger partial charge on any atom is -0.444 e. The number of pyridine rings is 1. The van der Waals surface area contributed by atoms with Crippen LogP contribution in [0.5, 0.6) is 0 Å². The van der Waals surface area contributed by atoms with Crippen LogP contribution in [0.1, 0.15) is 62.4 Å². The third kappa shape index (κ3) is 4.86. The molecule has 4 nitrogen and oxygen atoms in total. The SMILES string of the molecule is CC(C)(C)OC(=O)N1[C@@H](c2ccnc(F)c2)CC[C@H]1c1ccc(C(F)(F)F)cc1. The average Bonchev–Trinajstić information content (AvgIpc) is 3.05. The van der Waals surface area contributed by atoms with Gasteiger partial charge in [0.25, 0.3) is 0 Å². The van der Waals surface area contributed by atoms with Gasteiger partial charge in [-0.2, -0.15) is 17.6 Å². The Bertz CT molecular complexity index is 875. The van der Waals surface area contributed by atoms with Gasteiger partial charge in [-0.05, 0) is 69.0 Å². The van der Waals surface area contributed by atoms with Gasteiger partial charge in [0.15, 0.2) is 0 Å². The number of benzene rings is 1. The van der Waals surface area contributed by atoms with E-state index in [2.05, 4.69) is 4.98 Å². The van der Waals surface area contributed by atoms with Crippen molar-refractivity contribution < 1.29 is 27.1 Å². The molecule has 1 aromatic carbocycles. The number of carbonyl (C=O) groups is 1. The van der Waals surface area contributed by atoms with Crippen LogP contribution < -0.4 is 0 Å². The molecule has 1 aliphatic rings. The number of likely N-dealkylation sites (tertiary alicyclic amines) is 1. The van der Waals surface area contributed by atoms with Crippen molar-refractivity contribution in [2.75, 3.05) is 0 Å². The maximum Gasteiger partial charge on any atom is 0.416 e. The van der Waals surface area contributed by atoms with Crippen LogP contribution in [0.25, 0.3) is 0 Å².